The molecule has 3 aliphatic rings. The molecule has 0 radical (unpaired) electrons. The van der Waals surface area contributed by atoms with Crippen molar-refractivity contribution in [3.8, 4) is 0 Å². The van der Waals surface area contributed by atoms with E-state index >= 15 is 0 Å². The van der Waals surface area contributed by atoms with Gasteiger partial charge in [-0.1, -0.05) is 6.92 Å². The quantitative estimate of drug-likeness (QED) is 0.633. The zero-order valence-corrected chi connectivity index (χ0v) is 9.17. The summed E-state index contributed by atoms with van der Waals surface area (Å²) in [5, 5.41) is 0. The van der Waals surface area contributed by atoms with Crippen LogP contribution in [0.15, 0.2) is 0 Å². The normalized spacial score (nSPS) is 34.1. The van der Waals surface area contributed by atoms with Gasteiger partial charge in [0.15, 0.2) is 0 Å². The first-order chi connectivity index (χ1) is 6.77. The predicted molar refractivity (Wildman–Crippen MR) is 56.2 cm³/mol. The van der Waals surface area contributed by atoms with Crippen molar-refractivity contribution in [3.05, 3.63) is 0 Å². The molecular weight excluding hydrogens is 174 g/mol. The third kappa shape index (κ3) is 1.40. The number of hydrogen-bond donors (Lipinski definition) is 0. The van der Waals surface area contributed by atoms with Crippen LogP contribution in [0.4, 0.5) is 0 Å². The molecule has 2 saturated heterocycles. The Balaban J connectivity index is 1.52. The molecule has 0 atom stereocenters. The van der Waals surface area contributed by atoms with Gasteiger partial charge >= 0.3 is 0 Å². The minimum atomic E-state index is 0.768. The molecule has 0 aromatic heterocycles. The van der Waals surface area contributed by atoms with Crippen molar-refractivity contribution < 1.29 is 4.74 Å². The van der Waals surface area contributed by atoms with Crippen LogP contribution in [0.1, 0.15) is 32.6 Å². The maximum absolute atomic E-state index is 5.26. The number of piperidine rings is 1. The lowest BCUT2D eigenvalue weighted by Gasteiger charge is -2.53. The Morgan fingerprint density at radius 3 is 2.21 bits per heavy atom. The third-order valence-electron chi connectivity index (χ3n) is 4.56. The fourth-order valence-electron chi connectivity index (χ4n) is 3.62. The molecule has 0 unspecified atom stereocenters. The topological polar surface area (TPSA) is 12.5 Å². The molecule has 2 heterocycles. The summed E-state index contributed by atoms with van der Waals surface area (Å²) in [6.07, 6.45) is 5.91. The van der Waals surface area contributed by atoms with Crippen LogP contribution in [0.2, 0.25) is 0 Å². The number of rotatable bonds is 1. The van der Waals surface area contributed by atoms with Crippen molar-refractivity contribution in [2.75, 3.05) is 26.3 Å². The highest BCUT2D eigenvalue weighted by Gasteiger charge is 2.44. The molecule has 1 spiro atoms. The van der Waals surface area contributed by atoms with Gasteiger partial charge < -0.3 is 4.74 Å². The Labute approximate surface area is 86.6 Å². The third-order valence-corrected chi connectivity index (χ3v) is 4.56. The van der Waals surface area contributed by atoms with E-state index in [0.29, 0.717) is 0 Å². The summed E-state index contributed by atoms with van der Waals surface area (Å²) >= 11 is 0. The van der Waals surface area contributed by atoms with Gasteiger partial charge in [0.2, 0.25) is 0 Å². The van der Waals surface area contributed by atoms with Gasteiger partial charge in [0.1, 0.15) is 0 Å². The Kier molecular flexibility index (Phi) is 2.10. The van der Waals surface area contributed by atoms with E-state index in [1.807, 2.05) is 0 Å². The summed E-state index contributed by atoms with van der Waals surface area (Å²) in [5.41, 5.74) is 0.778. The Hall–Kier alpha value is -0.0800. The van der Waals surface area contributed by atoms with Crippen molar-refractivity contribution in [2.45, 2.75) is 38.6 Å². The van der Waals surface area contributed by atoms with Gasteiger partial charge in [-0.05, 0) is 50.1 Å². The number of hydrogen-bond acceptors (Lipinski definition) is 2. The van der Waals surface area contributed by atoms with E-state index in [-0.39, 0.29) is 0 Å². The maximum Gasteiger partial charge on any atom is 0.0645 e. The second-order valence-corrected chi connectivity index (χ2v) is 5.74. The molecule has 0 bridgehead atoms. The molecule has 0 aromatic carbocycles. The van der Waals surface area contributed by atoms with Gasteiger partial charge in [0, 0.05) is 0 Å². The molecule has 14 heavy (non-hydrogen) atoms. The van der Waals surface area contributed by atoms with Crippen molar-refractivity contribution in [1.82, 2.24) is 4.90 Å². The molecule has 3 fully saturated rings. The van der Waals surface area contributed by atoms with Crippen molar-refractivity contribution in [2.24, 2.45) is 11.3 Å². The fourth-order valence-corrected chi connectivity index (χ4v) is 3.62. The fraction of sp³-hybridized carbons (Fsp3) is 1.00. The molecule has 0 N–H and O–H groups in total. The van der Waals surface area contributed by atoms with E-state index in [1.165, 1.54) is 38.8 Å². The molecule has 2 aliphatic heterocycles. The van der Waals surface area contributed by atoms with Crippen LogP contribution in [0.5, 0.6) is 0 Å². The first kappa shape index (κ1) is 9.17. The van der Waals surface area contributed by atoms with Crippen LogP contribution in [0.25, 0.3) is 0 Å². The molecular formula is C12H21NO. The second kappa shape index (κ2) is 3.21. The van der Waals surface area contributed by atoms with E-state index in [0.717, 1.165) is 30.6 Å². The summed E-state index contributed by atoms with van der Waals surface area (Å²) in [5.74, 6) is 1.01. The largest absolute Gasteiger partial charge is 0.378 e. The standard InChI is InChI=1S/C12H21NO/c1-10-6-12(7-10)2-4-13(5-3-12)11-8-14-9-11/h10-11H,2-9H2,1H3. The van der Waals surface area contributed by atoms with Gasteiger partial charge in [-0.3, -0.25) is 4.90 Å². The first-order valence-electron chi connectivity index (χ1n) is 6.09. The summed E-state index contributed by atoms with van der Waals surface area (Å²) in [6, 6.07) is 0.768. The van der Waals surface area contributed by atoms with Crippen LogP contribution >= 0.6 is 0 Å². The van der Waals surface area contributed by atoms with E-state index in [9.17, 15) is 0 Å². The van der Waals surface area contributed by atoms with Crippen LogP contribution in [-0.2, 0) is 4.74 Å². The maximum atomic E-state index is 5.26. The predicted octanol–water partition coefficient (Wildman–Crippen LogP) is 1.90. The number of likely N-dealkylation sites (tertiary alicyclic amines) is 1. The van der Waals surface area contributed by atoms with E-state index in [4.69, 9.17) is 4.74 Å². The van der Waals surface area contributed by atoms with Gasteiger partial charge in [-0.15, -0.1) is 0 Å². The van der Waals surface area contributed by atoms with Crippen molar-refractivity contribution in [3.63, 3.8) is 0 Å². The summed E-state index contributed by atoms with van der Waals surface area (Å²) in [7, 11) is 0. The zero-order chi connectivity index (χ0) is 9.60. The first-order valence-corrected chi connectivity index (χ1v) is 6.09. The molecule has 1 aliphatic carbocycles. The molecule has 0 aromatic rings. The smallest absolute Gasteiger partial charge is 0.0645 e. The van der Waals surface area contributed by atoms with Gasteiger partial charge in [0.05, 0.1) is 19.3 Å². The molecule has 2 nitrogen and oxygen atoms in total. The molecule has 80 valence electrons. The second-order valence-electron chi connectivity index (χ2n) is 5.74. The number of ether oxygens (including phenoxy) is 1. The van der Waals surface area contributed by atoms with E-state index in [1.54, 1.807) is 0 Å². The van der Waals surface area contributed by atoms with Gasteiger partial charge in [-0.2, -0.15) is 0 Å². The zero-order valence-electron chi connectivity index (χ0n) is 9.17. The molecule has 2 heteroatoms. The highest BCUT2D eigenvalue weighted by atomic mass is 16.5. The molecule has 0 amide bonds. The molecule has 1 saturated carbocycles. The van der Waals surface area contributed by atoms with E-state index in [2.05, 4.69) is 11.8 Å². The minimum Gasteiger partial charge on any atom is -0.378 e. The lowest BCUT2D eigenvalue weighted by atomic mass is 9.58. The number of nitrogens with zero attached hydrogens (tertiary/aromatic N) is 1. The molecule has 3 rings (SSSR count). The summed E-state index contributed by atoms with van der Waals surface area (Å²) in [4.78, 5) is 2.65. The van der Waals surface area contributed by atoms with Gasteiger partial charge in [-0.25, -0.2) is 0 Å². The SMILES string of the molecule is CC1CC2(CCN(C3COC3)CC2)C1. The average Bonchev–Trinajstić information content (AvgIpc) is 2.03. The lowest BCUT2D eigenvalue weighted by Crippen LogP contribution is -2.55. The Morgan fingerprint density at radius 1 is 1.14 bits per heavy atom. The van der Waals surface area contributed by atoms with Gasteiger partial charge in [0.25, 0.3) is 0 Å². The van der Waals surface area contributed by atoms with Crippen LogP contribution < -0.4 is 0 Å². The van der Waals surface area contributed by atoms with Crippen molar-refractivity contribution >= 4 is 0 Å². The summed E-state index contributed by atoms with van der Waals surface area (Å²) in [6.45, 7) is 7.05. The Bertz CT molecular complexity index is 208. The minimum absolute atomic E-state index is 0.768. The highest BCUT2D eigenvalue weighted by molar-refractivity contribution is 4.96. The van der Waals surface area contributed by atoms with Crippen LogP contribution in [-0.4, -0.2) is 37.2 Å². The monoisotopic (exact) mass is 195 g/mol. The lowest BCUT2D eigenvalue weighted by molar-refractivity contribution is -0.0964. The van der Waals surface area contributed by atoms with Crippen LogP contribution in [0, 0.1) is 11.3 Å². The average molecular weight is 195 g/mol. The summed E-state index contributed by atoms with van der Waals surface area (Å²) < 4.78 is 5.26. The highest BCUT2D eigenvalue weighted by Crippen LogP contribution is 2.52. The van der Waals surface area contributed by atoms with Crippen molar-refractivity contribution in [1.29, 1.82) is 0 Å². The Morgan fingerprint density at radius 2 is 1.79 bits per heavy atom. The van der Waals surface area contributed by atoms with Crippen LogP contribution in [0.3, 0.4) is 0 Å². The van der Waals surface area contributed by atoms with E-state index < -0.39 is 0 Å².